The Labute approximate surface area is 286 Å². The molecule has 0 nitrogen and oxygen atoms in total. The molecule has 0 unspecified atom stereocenters. The van der Waals surface area contributed by atoms with E-state index in [0.717, 1.165) is 0 Å². The number of hydrogen-bond acceptors (Lipinski definition) is 0. The molecule has 0 radical (unpaired) electrons. The van der Waals surface area contributed by atoms with Crippen molar-refractivity contribution in [3.8, 4) is 44.5 Å². The Bertz CT molecular complexity index is 2800. The molecule has 0 aromatic heterocycles. The van der Waals surface area contributed by atoms with Crippen LogP contribution in [-0.2, 0) is 5.41 Å². The molecular weight excluding hydrogens is 589 g/mol. The number of hydrogen-bond donors (Lipinski definition) is 0. The maximum absolute atomic E-state index is 2.45. The third-order valence-corrected chi connectivity index (χ3v) is 11.0. The zero-order valence-electron chi connectivity index (χ0n) is 27.7. The van der Waals surface area contributed by atoms with E-state index in [4.69, 9.17) is 0 Å². The Kier molecular flexibility index (Phi) is 6.02. The van der Waals surface area contributed by atoms with E-state index in [1.165, 1.54) is 98.7 Å². The van der Waals surface area contributed by atoms with Crippen molar-refractivity contribution in [2.45, 2.75) is 19.3 Å². The van der Waals surface area contributed by atoms with Crippen molar-refractivity contribution >= 4 is 43.1 Å². The van der Waals surface area contributed by atoms with Gasteiger partial charge in [0.15, 0.2) is 0 Å². The molecule has 0 heterocycles. The molecule has 1 aliphatic rings. The fourth-order valence-electron chi connectivity index (χ4n) is 8.46. The molecule has 0 amide bonds. The van der Waals surface area contributed by atoms with Crippen LogP contribution in [0, 0.1) is 0 Å². The summed E-state index contributed by atoms with van der Waals surface area (Å²) < 4.78 is 0. The van der Waals surface area contributed by atoms with Crippen LogP contribution in [0.2, 0.25) is 0 Å². The van der Waals surface area contributed by atoms with Crippen molar-refractivity contribution in [3.05, 3.63) is 181 Å². The van der Waals surface area contributed by atoms with E-state index in [1.54, 1.807) is 0 Å². The molecule has 0 fully saturated rings. The second-order valence-corrected chi connectivity index (χ2v) is 14.2. The molecule has 0 saturated carbocycles. The van der Waals surface area contributed by atoms with Crippen LogP contribution < -0.4 is 0 Å². The normalized spacial score (nSPS) is 13.3. The molecule has 9 aromatic carbocycles. The van der Waals surface area contributed by atoms with Gasteiger partial charge in [0.1, 0.15) is 0 Å². The summed E-state index contributed by atoms with van der Waals surface area (Å²) in [5.41, 5.74) is 13.0. The molecule has 1 aliphatic carbocycles. The summed E-state index contributed by atoms with van der Waals surface area (Å²) in [4.78, 5) is 0. The van der Waals surface area contributed by atoms with Gasteiger partial charge in [0.2, 0.25) is 0 Å². The van der Waals surface area contributed by atoms with Gasteiger partial charge < -0.3 is 0 Å². The SMILES string of the molecule is CC1(C)c2cc(-c3cc(-c4ccc5cc(-c6ccc7ccccc7c6)ccc5c4)c4ccccc4c3)ccc2-c2ccc3ccccc3c21. The quantitative estimate of drug-likeness (QED) is 0.184. The van der Waals surface area contributed by atoms with Crippen LogP contribution in [-0.4, -0.2) is 0 Å². The van der Waals surface area contributed by atoms with Crippen LogP contribution in [0.1, 0.15) is 25.0 Å². The van der Waals surface area contributed by atoms with Crippen LogP contribution in [0.25, 0.3) is 87.6 Å². The van der Waals surface area contributed by atoms with Gasteiger partial charge in [0, 0.05) is 5.41 Å². The molecule has 0 spiro atoms. The summed E-state index contributed by atoms with van der Waals surface area (Å²) in [6.07, 6.45) is 0. The summed E-state index contributed by atoms with van der Waals surface area (Å²) in [5, 5.41) is 10.2. The fraction of sp³-hybridized carbons (Fsp3) is 0.0612. The monoisotopic (exact) mass is 622 g/mol. The smallest absolute Gasteiger partial charge is 0.0165 e. The van der Waals surface area contributed by atoms with Crippen LogP contribution in [0.15, 0.2) is 170 Å². The Hall–Kier alpha value is -5.98. The van der Waals surface area contributed by atoms with Crippen molar-refractivity contribution in [1.29, 1.82) is 0 Å². The van der Waals surface area contributed by atoms with Crippen LogP contribution in [0.5, 0.6) is 0 Å². The predicted molar refractivity (Wildman–Crippen MR) is 210 cm³/mol. The van der Waals surface area contributed by atoms with Crippen molar-refractivity contribution < 1.29 is 0 Å². The van der Waals surface area contributed by atoms with Crippen LogP contribution in [0.3, 0.4) is 0 Å². The zero-order valence-corrected chi connectivity index (χ0v) is 27.7. The lowest BCUT2D eigenvalue weighted by Gasteiger charge is -2.23. The highest BCUT2D eigenvalue weighted by Crippen LogP contribution is 2.52. The summed E-state index contributed by atoms with van der Waals surface area (Å²) in [7, 11) is 0. The topological polar surface area (TPSA) is 0 Å². The Morgan fingerprint density at radius 1 is 0.306 bits per heavy atom. The van der Waals surface area contributed by atoms with E-state index in [9.17, 15) is 0 Å². The van der Waals surface area contributed by atoms with Gasteiger partial charge in [0.05, 0.1) is 0 Å². The van der Waals surface area contributed by atoms with E-state index in [0.29, 0.717) is 0 Å². The minimum absolute atomic E-state index is 0.0920. The second-order valence-electron chi connectivity index (χ2n) is 14.2. The number of rotatable bonds is 3. The highest BCUT2D eigenvalue weighted by Gasteiger charge is 2.37. The van der Waals surface area contributed by atoms with Gasteiger partial charge in [-0.05, 0) is 135 Å². The Morgan fingerprint density at radius 2 is 0.796 bits per heavy atom. The lowest BCUT2D eigenvalue weighted by Crippen LogP contribution is -2.15. The first-order valence-corrected chi connectivity index (χ1v) is 17.2. The van der Waals surface area contributed by atoms with E-state index < -0.39 is 0 Å². The summed E-state index contributed by atoms with van der Waals surface area (Å²) >= 11 is 0. The maximum Gasteiger partial charge on any atom is 0.0165 e. The number of fused-ring (bicyclic) bond motifs is 8. The van der Waals surface area contributed by atoms with E-state index in [-0.39, 0.29) is 5.41 Å². The molecule has 10 rings (SSSR count). The predicted octanol–water partition coefficient (Wildman–Crippen LogP) is 13.6. The molecule has 49 heavy (non-hydrogen) atoms. The molecule has 0 bridgehead atoms. The first kappa shape index (κ1) is 28.1. The fourth-order valence-corrected chi connectivity index (χ4v) is 8.46. The minimum Gasteiger partial charge on any atom is -0.0616 e. The summed E-state index contributed by atoms with van der Waals surface area (Å²) in [5.74, 6) is 0. The van der Waals surface area contributed by atoms with Crippen molar-refractivity contribution in [2.24, 2.45) is 0 Å². The third-order valence-electron chi connectivity index (χ3n) is 11.0. The van der Waals surface area contributed by atoms with Crippen LogP contribution >= 0.6 is 0 Å². The average molecular weight is 623 g/mol. The average Bonchev–Trinajstić information content (AvgIpc) is 3.39. The van der Waals surface area contributed by atoms with E-state index in [1.807, 2.05) is 0 Å². The largest absolute Gasteiger partial charge is 0.0616 e. The van der Waals surface area contributed by atoms with Crippen molar-refractivity contribution in [1.82, 2.24) is 0 Å². The lowest BCUT2D eigenvalue weighted by molar-refractivity contribution is 0.666. The molecule has 0 saturated heterocycles. The van der Waals surface area contributed by atoms with Gasteiger partial charge in [-0.15, -0.1) is 0 Å². The first-order valence-electron chi connectivity index (χ1n) is 17.2. The highest BCUT2D eigenvalue weighted by molar-refractivity contribution is 6.03. The van der Waals surface area contributed by atoms with E-state index >= 15 is 0 Å². The zero-order chi connectivity index (χ0) is 32.7. The molecular formula is C49H34. The molecule has 9 aromatic rings. The standard InChI is InChI=1S/C49H34/c1-49(2)47-30-38(22-23-44(47)45-24-21-32-10-5-8-14-43(32)48(45)49)41-28-39-12-6-7-13-42(39)46(29-41)40-20-19-36-26-35(17-18-37(36)27-40)34-16-15-31-9-3-4-11-33(31)25-34/h3-30H,1-2H3. The van der Waals surface area contributed by atoms with Gasteiger partial charge in [0.25, 0.3) is 0 Å². The molecule has 0 heteroatoms. The summed E-state index contributed by atoms with van der Waals surface area (Å²) in [6, 6.07) is 63.2. The molecule has 0 atom stereocenters. The second kappa shape index (κ2) is 10.5. The minimum atomic E-state index is -0.0920. The van der Waals surface area contributed by atoms with Crippen molar-refractivity contribution in [2.75, 3.05) is 0 Å². The Morgan fingerprint density at radius 3 is 1.57 bits per heavy atom. The summed E-state index contributed by atoms with van der Waals surface area (Å²) in [6.45, 7) is 4.78. The van der Waals surface area contributed by atoms with Gasteiger partial charge in [-0.2, -0.15) is 0 Å². The molecule has 0 N–H and O–H groups in total. The van der Waals surface area contributed by atoms with Gasteiger partial charge in [-0.1, -0.05) is 147 Å². The lowest BCUT2D eigenvalue weighted by atomic mass is 9.79. The molecule has 0 aliphatic heterocycles. The van der Waals surface area contributed by atoms with Crippen LogP contribution in [0.4, 0.5) is 0 Å². The molecule has 230 valence electrons. The van der Waals surface area contributed by atoms with Gasteiger partial charge in [-0.25, -0.2) is 0 Å². The van der Waals surface area contributed by atoms with Gasteiger partial charge >= 0.3 is 0 Å². The Balaban J connectivity index is 1.07. The maximum atomic E-state index is 2.45. The first-order chi connectivity index (χ1) is 24.0. The third kappa shape index (κ3) is 4.38. The number of benzene rings is 9. The van der Waals surface area contributed by atoms with E-state index in [2.05, 4.69) is 184 Å². The van der Waals surface area contributed by atoms with Crippen molar-refractivity contribution in [3.63, 3.8) is 0 Å². The van der Waals surface area contributed by atoms with Gasteiger partial charge in [-0.3, -0.25) is 0 Å². The highest BCUT2D eigenvalue weighted by atomic mass is 14.4.